The Hall–Kier alpha value is -2.86. The second-order valence-corrected chi connectivity index (χ2v) is 6.04. The third-order valence-corrected chi connectivity index (χ3v) is 4.49. The minimum atomic E-state index is -0.390. The van der Waals surface area contributed by atoms with Gasteiger partial charge in [0, 0.05) is 10.9 Å². The van der Waals surface area contributed by atoms with Crippen LogP contribution in [0.5, 0.6) is 11.5 Å². The summed E-state index contributed by atoms with van der Waals surface area (Å²) in [5, 5.41) is 2.74. The van der Waals surface area contributed by atoms with E-state index in [2.05, 4.69) is 4.98 Å². The number of carbonyl (C=O) groups is 1. The van der Waals surface area contributed by atoms with Gasteiger partial charge in [0.2, 0.25) is 0 Å². The van der Waals surface area contributed by atoms with E-state index in [-0.39, 0.29) is 6.61 Å². The number of aromatic nitrogens is 1. The molecule has 0 saturated heterocycles. The molecule has 0 spiro atoms. The number of nitrogens with zero attached hydrogens (tertiary/aromatic N) is 1. The molecule has 0 unspecified atom stereocenters. The smallest absolute Gasteiger partial charge is 0.338 e. The van der Waals surface area contributed by atoms with Gasteiger partial charge in [0.15, 0.2) is 0 Å². The van der Waals surface area contributed by atoms with Gasteiger partial charge in [-0.3, -0.25) is 0 Å². The number of esters is 1. The molecule has 3 aromatic rings. The minimum Gasteiger partial charge on any atom is -0.497 e. The van der Waals surface area contributed by atoms with Gasteiger partial charge in [-0.2, -0.15) is 0 Å². The quantitative estimate of drug-likeness (QED) is 0.621. The van der Waals surface area contributed by atoms with Crippen LogP contribution >= 0.6 is 11.3 Å². The maximum absolute atomic E-state index is 12.1. The van der Waals surface area contributed by atoms with Gasteiger partial charge < -0.3 is 14.2 Å². The van der Waals surface area contributed by atoms with Crippen LogP contribution in [0.3, 0.4) is 0 Å². The monoisotopic (exact) mass is 355 g/mol. The van der Waals surface area contributed by atoms with Crippen LogP contribution in [0.15, 0.2) is 53.9 Å². The Balaban J connectivity index is 1.63. The van der Waals surface area contributed by atoms with Gasteiger partial charge >= 0.3 is 5.97 Å². The molecule has 1 aromatic heterocycles. The van der Waals surface area contributed by atoms with Gasteiger partial charge in [0.1, 0.15) is 23.1 Å². The molecule has 0 amide bonds. The average molecular weight is 355 g/mol. The normalized spacial score (nSPS) is 10.3. The van der Waals surface area contributed by atoms with Crippen molar-refractivity contribution < 1.29 is 19.0 Å². The minimum absolute atomic E-state index is 0.130. The lowest BCUT2D eigenvalue weighted by molar-refractivity contribution is 0.0468. The molecule has 0 radical (unpaired) electrons. The molecule has 0 aliphatic heterocycles. The van der Waals surface area contributed by atoms with Crippen molar-refractivity contribution >= 4 is 17.3 Å². The first-order chi connectivity index (χ1) is 12.2. The molecule has 0 saturated carbocycles. The van der Waals surface area contributed by atoms with Crippen molar-refractivity contribution in [2.24, 2.45) is 0 Å². The molecular weight excluding hydrogens is 338 g/mol. The molecule has 0 bridgehead atoms. The van der Waals surface area contributed by atoms with Gasteiger partial charge in [-0.05, 0) is 36.4 Å². The molecule has 1 heterocycles. The SMILES string of the molecule is COc1ccc(C(=O)OCc2csc(-c3cccc(OC)c3)n2)cc1. The number of ether oxygens (including phenoxy) is 3. The first-order valence-electron chi connectivity index (χ1n) is 7.59. The van der Waals surface area contributed by atoms with E-state index in [1.807, 2.05) is 29.6 Å². The highest BCUT2D eigenvalue weighted by Gasteiger charge is 2.10. The van der Waals surface area contributed by atoms with Crippen molar-refractivity contribution in [3.63, 3.8) is 0 Å². The van der Waals surface area contributed by atoms with Crippen molar-refractivity contribution in [3.8, 4) is 22.1 Å². The van der Waals surface area contributed by atoms with E-state index < -0.39 is 5.97 Å². The Morgan fingerprint density at radius 2 is 1.80 bits per heavy atom. The molecular formula is C19H17NO4S. The third kappa shape index (κ3) is 4.16. The molecule has 5 nitrogen and oxygen atoms in total. The van der Waals surface area contributed by atoms with Crippen LogP contribution in [-0.4, -0.2) is 25.2 Å². The summed E-state index contributed by atoms with van der Waals surface area (Å²) in [6.07, 6.45) is 0. The highest BCUT2D eigenvalue weighted by molar-refractivity contribution is 7.13. The molecule has 128 valence electrons. The Labute approximate surface area is 149 Å². The summed E-state index contributed by atoms with van der Waals surface area (Å²) in [6.45, 7) is 0.130. The van der Waals surface area contributed by atoms with E-state index in [9.17, 15) is 4.79 Å². The summed E-state index contributed by atoms with van der Waals surface area (Å²) >= 11 is 1.50. The summed E-state index contributed by atoms with van der Waals surface area (Å²) in [4.78, 5) is 16.6. The standard InChI is InChI=1S/C19H17NO4S/c1-22-16-8-6-13(7-9-16)19(21)24-11-15-12-25-18(20-15)14-4-3-5-17(10-14)23-2/h3-10,12H,11H2,1-2H3. The fourth-order valence-corrected chi connectivity index (χ4v) is 3.01. The van der Waals surface area contributed by atoms with Crippen LogP contribution in [0.1, 0.15) is 16.1 Å². The highest BCUT2D eigenvalue weighted by Crippen LogP contribution is 2.27. The Bertz CT molecular complexity index is 858. The second-order valence-electron chi connectivity index (χ2n) is 5.18. The first kappa shape index (κ1) is 17.0. The predicted molar refractivity (Wildman–Crippen MR) is 96.2 cm³/mol. The Morgan fingerprint density at radius 1 is 1.04 bits per heavy atom. The largest absolute Gasteiger partial charge is 0.497 e. The number of carbonyl (C=O) groups excluding carboxylic acids is 1. The number of thiazole rings is 1. The molecule has 0 N–H and O–H groups in total. The van der Waals surface area contributed by atoms with Crippen LogP contribution in [0.2, 0.25) is 0 Å². The first-order valence-corrected chi connectivity index (χ1v) is 8.47. The molecule has 0 aliphatic carbocycles. The molecule has 3 rings (SSSR count). The van der Waals surface area contributed by atoms with Crippen molar-refractivity contribution in [3.05, 3.63) is 65.2 Å². The van der Waals surface area contributed by atoms with Gasteiger partial charge in [-0.1, -0.05) is 12.1 Å². The van der Waals surface area contributed by atoms with Crippen molar-refractivity contribution in [2.45, 2.75) is 6.61 Å². The lowest BCUT2D eigenvalue weighted by atomic mass is 10.2. The van der Waals surface area contributed by atoms with E-state index in [0.29, 0.717) is 17.0 Å². The molecule has 6 heteroatoms. The summed E-state index contributed by atoms with van der Waals surface area (Å²) < 4.78 is 15.6. The van der Waals surface area contributed by atoms with Crippen LogP contribution in [0, 0.1) is 0 Å². The van der Waals surface area contributed by atoms with Crippen LogP contribution in [-0.2, 0) is 11.3 Å². The maximum Gasteiger partial charge on any atom is 0.338 e. The summed E-state index contributed by atoms with van der Waals surface area (Å²) in [5.41, 5.74) is 2.16. The Morgan fingerprint density at radius 3 is 2.52 bits per heavy atom. The molecule has 0 fully saturated rings. The molecule has 0 aliphatic rings. The van der Waals surface area contributed by atoms with Gasteiger partial charge in [-0.25, -0.2) is 9.78 Å². The third-order valence-electron chi connectivity index (χ3n) is 3.55. The average Bonchev–Trinajstić information content (AvgIpc) is 3.15. The number of rotatable bonds is 6. The fraction of sp³-hybridized carbons (Fsp3) is 0.158. The highest BCUT2D eigenvalue weighted by atomic mass is 32.1. The Kier molecular flexibility index (Phi) is 5.30. The zero-order valence-corrected chi connectivity index (χ0v) is 14.7. The van der Waals surface area contributed by atoms with E-state index in [4.69, 9.17) is 14.2 Å². The fourth-order valence-electron chi connectivity index (χ4n) is 2.21. The lowest BCUT2D eigenvalue weighted by Gasteiger charge is -2.04. The zero-order valence-electron chi connectivity index (χ0n) is 13.9. The van der Waals surface area contributed by atoms with Crippen LogP contribution in [0.4, 0.5) is 0 Å². The molecule has 25 heavy (non-hydrogen) atoms. The second kappa shape index (κ2) is 7.81. The summed E-state index contributed by atoms with van der Waals surface area (Å²) in [7, 11) is 3.21. The van der Waals surface area contributed by atoms with E-state index in [0.717, 1.165) is 16.3 Å². The maximum atomic E-state index is 12.1. The molecule has 2 aromatic carbocycles. The van der Waals surface area contributed by atoms with E-state index in [1.54, 1.807) is 38.5 Å². The summed E-state index contributed by atoms with van der Waals surface area (Å²) in [5.74, 6) is 1.08. The summed E-state index contributed by atoms with van der Waals surface area (Å²) in [6, 6.07) is 14.5. The van der Waals surface area contributed by atoms with Gasteiger partial charge in [0.05, 0.1) is 25.5 Å². The lowest BCUT2D eigenvalue weighted by Crippen LogP contribution is -2.05. The number of benzene rings is 2. The van der Waals surface area contributed by atoms with Crippen molar-refractivity contribution in [2.75, 3.05) is 14.2 Å². The van der Waals surface area contributed by atoms with Crippen molar-refractivity contribution in [1.29, 1.82) is 0 Å². The number of hydrogen-bond acceptors (Lipinski definition) is 6. The van der Waals surface area contributed by atoms with Gasteiger partial charge in [-0.15, -0.1) is 11.3 Å². The van der Waals surface area contributed by atoms with E-state index in [1.165, 1.54) is 11.3 Å². The van der Waals surface area contributed by atoms with Crippen LogP contribution in [0.25, 0.3) is 10.6 Å². The zero-order chi connectivity index (χ0) is 17.6. The number of methoxy groups -OCH3 is 2. The predicted octanol–water partition coefficient (Wildman–Crippen LogP) is 4.18. The van der Waals surface area contributed by atoms with E-state index >= 15 is 0 Å². The molecule has 0 atom stereocenters. The number of hydrogen-bond donors (Lipinski definition) is 0. The topological polar surface area (TPSA) is 57.7 Å². The van der Waals surface area contributed by atoms with Gasteiger partial charge in [0.25, 0.3) is 0 Å². The van der Waals surface area contributed by atoms with Crippen molar-refractivity contribution in [1.82, 2.24) is 4.98 Å². The van der Waals surface area contributed by atoms with Crippen LogP contribution < -0.4 is 9.47 Å².